The molecule has 0 bridgehead atoms. The van der Waals surface area contributed by atoms with Crippen LogP contribution in [0.4, 0.5) is 0 Å². The smallest absolute Gasteiger partial charge is 0.0349 e. The van der Waals surface area contributed by atoms with Crippen LogP contribution in [0.3, 0.4) is 0 Å². The van der Waals surface area contributed by atoms with Crippen molar-refractivity contribution in [3.63, 3.8) is 0 Å². The van der Waals surface area contributed by atoms with Crippen LogP contribution in [-0.4, -0.2) is 0 Å². The molecule has 0 amide bonds. The predicted octanol–water partition coefficient (Wildman–Crippen LogP) is 6.73. The Labute approximate surface area is 136 Å². The van der Waals surface area contributed by atoms with Crippen molar-refractivity contribution in [1.82, 2.24) is 0 Å². The Bertz CT molecular complexity index is 804. The van der Waals surface area contributed by atoms with Crippen LogP contribution in [0, 0.1) is 13.8 Å². The first-order chi connectivity index (χ1) is 10.7. The largest absolute Gasteiger partial charge is 0.135 e. The van der Waals surface area contributed by atoms with Gasteiger partial charge in [-0.2, -0.15) is 0 Å². The average molecular weight is 304 g/mol. The fourth-order valence-electron chi connectivity index (χ4n) is 2.56. The van der Waals surface area contributed by atoms with Gasteiger partial charge in [0.2, 0.25) is 0 Å². The van der Waals surface area contributed by atoms with Crippen LogP contribution in [0.15, 0.2) is 60.7 Å². The molecule has 0 N–H and O–H groups in total. The second kappa shape index (κ2) is 6.33. The van der Waals surface area contributed by atoms with Crippen LogP contribution in [0.5, 0.6) is 0 Å². The average Bonchev–Trinajstić information content (AvgIpc) is 3.00. The van der Waals surface area contributed by atoms with E-state index < -0.39 is 0 Å². The number of hydrogen-bond acceptors (Lipinski definition) is 1. The van der Waals surface area contributed by atoms with E-state index in [2.05, 4.69) is 87.5 Å². The summed E-state index contributed by atoms with van der Waals surface area (Å²) in [5.74, 6) is 0. The Morgan fingerprint density at radius 1 is 0.773 bits per heavy atom. The maximum Gasteiger partial charge on any atom is 0.0349 e. The first-order valence-electron chi connectivity index (χ1n) is 7.58. The molecule has 0 spiro atoms. The summed E-state index contributed by atoms with van der Waals surface area (Å²) in [5.41, 5.74) is 6.51. The molecule has 3 aromatic rings. The highest BCUT2D eigenvalue weighted by molar-refractivity contribution is 7.18. The molecule has 0 fully saturated rings. The number of aryl methyl sites for hydroxylation is 2. The van der Waals surface area contributed by atoms with Crippen LogP contribution in [0.25, 0.3) is 27.0 Å². The minimum atomic E-state index is 1.29. The molecule has 2 aromatic carbocycles. The van der Waals surface area contributed by atoms with Crippen molar-refractivity contribution in [3.8, 4) is 20.9 Å². The van der Waals surface area contributed by atoms with Crippen molar-refractivity contribution in [2.75, 3.05) is 0 Å². The van der Waals surface area contributed by atoms with E-state index in [0.29, 0.717) is 0 Å². The zero-order valence-electron chi connectivity index (χ0n) is 13.3. The lowest BCUT2D eigenvalue weighted by Gasteiger charge is -2.04. The lowest BCUT2D eigenvalue weighted by molar-refractivity contribution is 1.44. The van der Waals surface area contributed by atoms with Gasteiger partial charge in [0.1, 0.15) is 0 Å². The van der Waals surface area contributed by atoms with E-state index in [-0.39, 0.29) is 0 Å². The molecule has 0 radical (unpaired) electrons. The molecule has 0 saturated carbocycles. The van der Waals surface area contributed by atoms with Crippen molar-refractivity contribution in [3.05, 3.63) is 77.4 Å². The lowest BCUT2D eigenvalue weighted by atomic mass is 10.0. The monoisotopic (exact) mass is 304 g/mol. The summed E-state index contributed by atoms with van der Waals surface area (Å²) in [4.78, 5) is 2.65. The highest BCUT2D eigenvalue weighted by Crippen LogP contribution is 2.35. The van der Waals surface area contributed by atoms with Crippen molar-refractivity contribution in [1.29, 1.82) is 0 Å². The van der Waals surface area contributed by atoms with E-state index in [1.165, 1.54) is 37.6 Å². The molecule has 0 atom stereocenters. The SMILES string of the molecule is C/C=C\c1ccc(-c2ccc(-c3ccc(C)cc3)s2)cc1C. The molecule has 3 rings (SSSR count). The molecule has 1 heterocycles. The molecule has 0 nitrogen and oxygen atoms in total. The molecular formula is C21H20S. The quantitative estimate of drug-likeness (QED) is 0.503. The summed E-state index contributed by atoms with van der Waals surface area (Å²) >= 11 is 1.85. The summed E-state index contributed by atoms with van der Waals surface area (Å²) in [6, 6.07) is 19.9. The zero-order valence-corrected chi connectivity index (χ0v) is 14.1. The second-order valence-corrected chi connectivity index (χ2v) is 6.69. The molecular weight excluding hydrogens is 284 g/mol. The number of hydrogen-bond donors (Lipinski definition) is 0. The minimum Gasteiger partial charge on any atom is -0.135 e. The summed E-state index contributed by atoms with van der Waals surface area (Å²) in [5, 5.41) is 0. The fraction of sp³-hybridized carbons (Fsp3) is 0.143. The Kier molecular flexibility index (Phi) is 4.26. The zero-order chi connectivity index (χ0) is 15.5. The van der Waals surface area contributed by atoms with Gasteiger partial charge in [-0.1, -0.05) is 60.2 Å². The van der Waals surface area contributed by atoms with Gasteiger partial charge in [-0.05, 0) is 55.2 Å². The summed E-state index contributed by atoms with van der Waals surface area (Å²) in [7, 11) is 0. The highest BCUT2D eigenvalue weighted by atomic mass is 32.1. The van der Waals surface area contributed by atoms with E-state index in [0.717, 1.165) is 0 Å². The van der Waals surface area contributed by atoms with E-state index in [1.54, 1.807) is 0 Å². The molecule has 0 saturated heterocycles. The van der Waals surface area contributed by atoms with E-state index in [4.69, 9.17) is 0 Å². The van der Waals surface area contributed by atoms with Gasteiger partial charge in [0.25, 0.3) is 0 Å². The third-order valence-electron chi connectivity index (χ3n) is 3.84. The van der Waals surface area contributed by atoms with E-state index in [9.17, 15) is 0 Å². The summed E-state index contributed by atoms with van der Waals surface area (Å²) in [6.07, 6.45) is 4.24. The normalized spacial score (nSPS) is 11.2. The van der Waals surface area contributed by atoms with Gasteiger partial charge < -0.3 is 0 Å². The molecule has 110 valence electrons. The van der Waals surface area contributed by atoms with Crippen LogP contribution in [-0.2, 0) is 0 Å². The molecule has 1 aromatic heterocycles. The third-order valence-corrected chi connectivity index (χ3v) is 5.03. The van der Waals surface area contributed by atoms with Gasteiger partial charge in [0.05, 0.1) is 0 Å². The number of thiophene rings is 1. The van der Waals surface area contributed by atoms with Crippen LogP contribution in [0.1, 0.15) is 23.6 Å². The molecule has 22 heavy (non-hydrogen) atoms. The van der Waals surface area contributed by atoms with Crippen LogP contribution >= 0.6 is 11.3 Å². The first-order valence-corrected chi connectivity index (χ1v) is 8.39. The van der Waals surface area contributed by atoms with E-state index in [1.807, 2.05) is 11.3 Å². The van der Waals surface area contributed by atoms with E-state index >= 15 is 0 Å². The molecule has 0 unspecified atom stereocenters. The van der Waals surface area contributed by atoms with Crippen molar-refractivity contribution in [2.45, 2.75) is 20.8 Å². The Hall–Kier alpha value is -2.12. The number of allylic oxidation sites excluding steroid dienone is 1. The first kappa shape index (κ1) is 14.8. The lowest BCUT2D eigenvalue weighted by Crippen LogP contribution is -1.81. The molecule has 0 aliphatic carbocycles. The molecule has 1 heteroatoms. The predicted molar refractivity (Wildman–Crippen MR) is 99.4 cm³/mol. The second-order valence-electron chi connectivity index (χ2n) is 5.60. The molecule has 0 aliphatic rings. The Morgan fingerprint density at radius 2 is 1.41 bits per heavy atom. The minimum absolute atomic E-state index is 1.29. The van der Waals surface area contributed by atoms with Crippen molar-refractivity contribution >= 4 is 17.4 Å². The van der Waals surface area contributed by atoms with Gasteiger partial charge in [-0.15, -0.1) is 11.3 Å². The molecule has 0 aliphatic heterocycles. The Morgan fingerprint density at radius 3 is 2.05 bits per heavy atom. The Balaban J connectivity index is 1.93. The van der Waals surface area contributed by atoms with Crippen LogP contribution < -0.4 is 0 Å². The van der Waals surface area contributed by atoms with Gasteiger partial charge >= 0.3 is 0 Å². The summed E-state index contributed by atoms with van der Waals surface area (Å²) < 4.78 is 0. The maximum atomic E-state index is 2.28. The van der Waals surface area contributed by atoms with Gasteiger partial charge in [0, 0.05) is 9.75 Å². The number of benzene rings is 2. The highest BCUT2D eigenvalue weighted by Gasteiger charge is 2.06. The van der Waals surface area contributed by atoms with Gasteiger partial charge in [0.15, 0.2) is 0 Å². The van der Waals surface area contributed by atoms with Gasteiger partial charge in [-0.25, -0.2) is 0 Å². The van der Waals surface area contributed by atoms with Crippen molar-refractivity contribution in [2.24, 2.45) is 0 Å². The third kappa shape index (κ3) is 3.05. The fourth-order valence-corrected chi connectivity index (χ4v) is 3.57. The summed E-state index contributed by atoms with van der Waals surface area (Å²) in [6.45, 7) is 6.35. The van der Waals surface area contributed by atoms with Crippen LogP contribution in [0.2, 0.25) is 0 Å². The topological polar surface area (TPSA) is 0 Å². The standard InChI is InChI=1S/C21H20S/c1-4-5-17-10-11-19(14-16(17)3)21-13-12-20(22-21)18-8-6-15(2)7-9-18/h4-14H,1-3H3/b5-4-. The number of rotatable bonds is 3. The van der Waals surface area contributed by atoms with Gasteiger partial charge in [-0.3, -0.25) is 0 Å². The van der Waals surface area contributed by atoms with Crippen molar-refractivity contribution < 1.29 is 0 Å². The maximum absolute atomic E-state index is 2.28.